The van der Waals surface area contributed by atoms with Crippen LogP contribution in [0.5, 0.6) is 0 Å². The summed E-state index contributed by atoms with van der Waals surface area (Å²) in [5.74, 6) is 1.20. The van der Waals surface area contributed by atoms with Crippen molar-refractivity contribution >= 4 is 5.91 Å². The first-order chi connectivity index (χ1) is 10.3. The monoisotopic (exact) mass is 288 g/mol. The molecule has 0 aliphatic carbocycles. The van der Waals surface area contributed by atoms with Crippen LogP contribution < -0.4 is 0 Å². The second kappa shape index (κ2) is 5.00. The van der Waals surface area contributed by atoms with Gasteiger partial charge in [-0.25, -0.2) is 0 Å². The van der Waals surface area contributed by atoms with Crippen LogP contribution in [-0.4, -0.2) is 45.3 Å². The van der Waals surface area contributed by atoms with Crippen molar-refractivity contribution in [1.29, 1.82) is 0 Å². The maximum atomic E-state index is 12.1. The third-order valence-electron chi connectivity index (χ3n) is 4.09. The lowest BCUT2D eigenvalue weighted by molar-refractivity contribution is 0.0454. The second-order valence-electron chi connectivity index (χ2n) is 5.44. The summed E-state index contributed by atoms with van der Waals surface area (Å²) in [6.45, 7) is 2.08. The second-order valence-corrected chi connectivity index (χ2v) is 5.44. The molecule has 0 bridgehead atoms. The zero-order valence-corrected chi connectivity index (χ0v) is 11.5. The molecule has 2 saturated heterocycles. The number of amides is 1. The number of nitrogens with zero attached hydrogens (tertiary/aromatic N) is 4. The van der Waals surface area contributed by atoms with Gasteiger partial charge in [-0.05, 0) is 25.0 Å². The molecule has 0 unspecified atom stereocenters. The molecule has 110 valence electrons. The van der Waals surface area contributed by atoms with E-state index < -0.39 is 0 Å². The van der Waals surface area contributed by atoms with Gasteiger partial charge in [-0.3, -0.25) is 4.79 Å². The van der Waals surface area contributed by atoms with E-state index in [1.807, 2.05) is 4.57 Å². The van der Waals surface area contributed by atoms with Gasteiger partial charge in [0.2, 0.25) is 0 Å². The Balaban J connectivity index is 1.44. The van der Waals surface area contributed by atoms with Gasteiger partial charge in [-0.15, -0.1) is 10.2 Å². The Hall–Kier alpha value is -2.15. The summed E-state index contributed by atoms with van der Waals surface area (Å²) in [5.41, 5.74) is 0. The van der Waals surface area contributed by atoms with Crippen LogP contribution in [0.25, 0.3) is 0 Å². The summed E-state index contributed by atoms with van der Waals surface area (Å²) < 4.78 is 12.9. The van der Waals surface area contributed by atoms with Crippen LogP contribution in [0.1, 0.15) is 41.4 Å². The molecule has 7 nitrogen and oxygen atoms in total. The molecule has 0 N–H and O–H groups in total. The molecule has 1 amide bonds. The van der Waals surface area contributed by atoms with Gasteiger partial charge >= 0.3 is 0 Å². The predicted molar refractivity (Wildman–Crippen MR) is 71.6 cm³/mol. The van der Waals surface area contributed by atoms with E-state index in [0.717, 1.165) is 25.3 Å². The molecule has 0 saturated carbocycles. The first kappa shape index (κ1) is 12.6. The molecule has 2 aliphatic heterocycles. The zero-order chi connectivity index (χ0) is 14.2. The van der Waals surface area contributed by atoms with Gasteiger partial charge in [0.05, 0.1) is 12.3 Å². The van der Waals surface area contributed by atoms with Crippen molar-refractivity contribution in [3.63, 3.8) is 0 Å². The quantitative estimate of drug-likeness (QED) is 0.854. The van der Waals surface area contributed by atoms with Crippen LogP contribution in [0.4, 0.5) is 0 Å². The molecular weight excluding hydrogens is 272 g/mol. The van der Waals surface area contributed by atoms with E-state index in [2.05, 4.69) is 10.2 Å². The third-order valence-corrected chi connectivity index (χ3v) is 4.09. The number of carbonyl (C=O) groups is 1. The maximum Gasteiger partial charge on any atom is 0.289 e. The molecule has 2 aromatic heterocycles. The first-order valence-corrected chi connectivity index (χ1v) is 7.16. The summed E-state index contributed by atoms with van der Waals surface area (Å²) in [7, 11) is 0. The topological polar surface area (TPSA) is 73.4 Å². The maximum absolute atomic E-state index is 12.1. The Morgan fingerprint density at radius 2 is 2.29 bits per heavy atom. The van der Waals surface area contributed by atoms with E-state index in [4.69, 9.17) is 9.15 Å². The Labute approximate surface area is 121 Å². The number of ether oxygens (including phenoxy) is 1. The van der Waals surface area contributed by atoms with E-state index in [0.29, 0.717) is 18.8 Å². The first-order valence-electron chi connectivity index (χ1n) is 7.16. The Bertz CT molecular complexity index is 624. The van der Waals surface area contributed by atoms with E-state index in [-0.39, 0.29) is 18.1 Å². The molecule has 0 spiro atoms. The van der Waals surface area contributed by atoms with Crippen molar-refractivity contribution in [2.75, 3.05) is 19.7 Å². The number of hydrogen-bond donors (Lipinski definition) is 0. The molecule has 4 heterocycles. The molecule has 2 aromatic rings. The van der Waals surface area contributed by atoms with Gasteiger partial charge in [-0.2, -0.15) is 0 Å². The Morgan fingerprint density at radius 1 is 1.38 bits per heavy atom. The molecule has 0 radical (unpaired) electrons. The lowest BCUT2D eigenvalue weighted by Gasteiger charge is -2.39. The van der Waals surface area contributed by atoms with Gasteiger partial charge in [0.15, 0.2) is 11.6 Å². The average molecular weight is 288 g/mol. The molecule has 0 aromatic carbocycles. The van der Waals surface area contributed by atoms with Gasteiger partial charge < -0.3 is 18.6 Å². The number of furan rings is 1. The van der Waals surface area contributed by atoms with Gasteiger partial charge in [0.25, 0.3) is 5.91 Å². The summed E-state index contributed by atoms with van der Waals surface area (Å²) in [6, 6.07) is 3.63. The normalized spacial score (nSPS) is 22.5. The highest BCUT2D eigenvalue weighted by Crippen LogP contribution is 2.31. The van der Waals surface area contributed by atoms with Crippen molar-refractivity contribution in [3.05, 3.63) is 36.3 Å². The minimum Gasteiger partial charge on any atom is -0.459 e. The Kier molecular flexibility index (Phi) is 2.99. The van der Waals surface area contributed by atoms with Crippen molar-refractivity contribution in [2.24, 2.45) is 0 Å². The lowest BCUT2D eigenvalue weighted by atomic mass is 10.1. The van der Waals surface area contributed by atoms with E-state index in [1.54, 1.807) is 23.4 Å². The molecule has 2 fully saturated rings. The van der Waals surface area contributed by atoms with Crippen molar-refractivity contribution in [1.82, 2.24) is 19.7 Å². The summed E-state index contributed by atoms with van der Waals surface area (Å²) in [6.07, 6.45) is 5.34. The van der Waals surface area contributed by atoms with E-state index in [9.17, 15) is 4.79 Å². The van der Waals surface area contributed by atoms with Gasteiger partial charge in [0.1, 0.15) is 12.4 Å². The molecule has 1 atom stereocenters. The van der Waals surface area contributed by atoms with Crippen LogP contribution >= 0.6 is 0 Å². The summed E-state index contributed by atoms with van der Waals surface area (Å²) in [5, 5.41) is 8.19. The zero-order valence-electron chi connectivity index (χ0n) is 11.5. The minimum atomic E-state index is -0.0667. The molecule has 21 heavy (non-hydrogen) atoms. The fourth-order valence-corrected chi connectivity index (χ4v) is 2.90. The van der Waals surface area contributed by atoms with Crippen molar-refractivity contribution in [2.45, 2.75) is 25.0 Å². The number of rotatable bonds is 3. The Morgan fingerprint density at radius 3 is 3.00 bits per heavy atom. The van der Waals surface area contributed by atoms with E-state index in [1.165, 1.54) is 6.26 Å². The van der Waals surface area contributed by atoms with Crippen LogP contribution in [-0.2, 0) is 4.74 Å². The van der Waals surface area contributed by atoms with Crippen LogP contribution in [0, 0.1) is 0 Å². The highest BCUT2D eigenvalue weighted by molar-refractivity contribution is 5.92. The van der Waals surface area contributed by atoms with Crippen molar-refractivity contribution in [3.8, 4) is 0 Å². The van der Waals surface area contributed by atoms with E-state index >= 15 is 0 Å². The minimum absolute atomic E-state index is 0.0438. The number of carbonyl (C=O) groups excluding carboxylic acids is 1. The van der Waals surface area contributed by atoms with Crippen LogP contribution in [0.2, 0.25) is 0 Å². The smallest absolute Gasteiger partial charge is 0.289 e. The average Bonchev–Trinajstić information content (AvgIpc) is 3.19. The summed E-state index contributed by atoms with van der Waals surface area (Å²) >= 11 is 0. The third kappa shape index (κ3) is 2.13. The van der Waals surface area contributed by atoms with Gasteiger partial charge in [-0.1, -0.05) is 0 Å². The summed E-state index contributed by atoms with van der Waals surface area (Å²) in [4.78, 5) is 13.9. The van der Waals surface area contributed by atoms with Crippen molar-refractivity contribution < 1.29 is 13.9 Å². The highest BCUT2D eigenvalue weighted by atomic mass is 16.5. The fraction of sp³-hybridized carbons (Fsp3) is 0.500. The van der Waals surface area contributed by atoms with Crippen LogP contribution in [0.3, 0.4) is 0 Å². The number of likely N-dealkylation sites (tertiary alicyclic amines) is 1. The lowest BCUT2D eigenvalue weighted by Crippen LogP contribution is -2.51. The number of aromatic nitrogens is 3. The predicted octanol–water partition coefficient (Wildman–Crippen LogP) is 1.42. The fourth-order valence-electron chi connectivity index (χ4n) is 2.90. The highest BCUT2D eigenvalue weighted by Gasteiger charge is 2.36. The van der Waals surface area contributed by atoms with Gasteiger partial charge in [0, 0.05) is 19.7 Å². The van der Waals surface area contributed by atoms with Crippen LogP contribution in [0.15, 0.2) is 29.1 Å². The molecular formula is C14H16N4O3. The molecule has 2 aliphatic rings. The SMILES string of the molecule is O=C(c1ccco1)N1CC(n2cnnc2[C@@H]2CCCO2)C1. The number of hydrogen-bond acceptors (Lipinski definition) is 5. The molecule has 4 rings (SSSR count). The molecule has 7 heteroatoms. The largest absolute Gasteiger partial charge is 0.459 e. The standard InChI is InChI=1S/C14H16N4O3/c19-14(12-4-2-6-21-12)17-7-10(8-17)18-9-15-16-13(18)11-3-1-5-20-11/h2,4,6,9-11H,1,3,5,7-8H2/t11-/m0/s1.